The molecule has 1 aliphatic heterocycles. The molecule has 0 saturated carbocycles. The van der Waals surface area contributed by atoms with Crippen LogP contribution in [0.1, 0.15) is 43.9 Å². The van der Waals surface area contributed by atoms with Crippen LogP contribution in [0.25, 0.3) is 0 Å². The fourth-order valence-corrected chi connectivity index (χ4v) is 2.28. The maximum atomic E-state index is 12.7. The molecule has 0 fully saturated rings. The van der Waals surface area contributed by atoms with Gasteiger partial charge < -0.3 is 14.7 Å². The van der Waals surface area contributed by atoms with Gasteiger partial charge in [0, 0.05) is 17.7 Å². The standard InChI is InChI=1S/C15H19F2NO3/c1-15(2,3)21-14(20)18-5-4-9-6-10(13(16)17)7-12(19)11(9)8-18/h6-7,13,19H,4-5,8H2,1-3H3. The number of phenols is 1. The molecule has 0 spiro atoms. The first kappa shape index (κ1) is 15.5. The molecule has 0 aliphatic carbocycles. The lowest BCUT2D eigenvalue weighted by molar-refractivity contribution is 0.0222. The zero-order valence-corrected chi connectivity index (χ0v) is 12.3. The Morgan fingerprint density at radius 2 is 2.05 bits per heavy atom. The van der Waals surface area contributed by atoms with Gasteiger partial charge in [-0.3, -0.25) is 0 Å². The number of nitrogens with zero attached hydrogens (tertiary/aromatic N) is 1. The van der Waals surface area contributed by atoms with Gasteiger partial charge in [0.15, 0.2) is 0 Å². The second-order valence-corrected chi connectivity index (χ2v) is 6.13. The third-order valence-corrected chi connectivity index (χ3v) is 3.24. The first-order chi connectivity index (χ1) is 9.67. The molecule has 4 nitrogen and oxygen atoms in total. The van der Waals surface area contributed by atoms with Crippen molar-refractivity contribution in [2.75, 3.05) is 6.54 Å². The lowest BCUT2D eigenvalue weighted by Gasteiger charge is -2.31. The lowest BCUT2D eigenvalue weighted by atomic mass is 9.96. The molecule has 0 bridgehead atoms. The lowest BCUT2D eigenvalue weighted by Crippen LogP contribution is -2.39. The Bertz CT molecular complexity index is 553. The van der Waals surface area contributed by atoms with E-state index in [1.54, 1.807) is 20.8 Å². The highest BCUT2D eigenvalue weighted by molar-refractivity contribution is 5.69. The first-order valence-electron chi connectivity index (χ1n) is 6.78. The molecule has 1 amide bonds. The van der Waals surface area contributed by atoms with Crippen LogP contribution < -0.4 is 0 Å². The van der Waals surface area contributed by atoms with Gasteiger partial charge in [-0.25, -0.2) is 13.6 Å². The summed E-state index contributed by atoms with van der Waals surface area (Å²) in [6, 6.07) is 2.45. The number of carbonyl (C=O) groups excluding carboxylic acids is 1. The number of aromatic hydroxyl groups is 1. The van der Waals surface area contributed by atoms with Gasteiger partial charge in [-0.2, -0.15) is 0 Å². The zero-order valence-electron chi connectivity index (χ0n) is 12.3. The average molecular weight is 299 g/mol. The van der Waals surface area contributed by atoms with E-state index in [9.17, 15) is 18.7 Å². The number of amides is 1. The molecular formula is C15H19F2NO3. The van der Waals surface area contributed by atoms with Gasteiger partial charge in [-0.15, -0.1) is 0 Å². The van der Waals surface area contributed by atoms with Crippen molar-refractivity contribution in [1.29, 1.82) is 0 Å². The molecule has 1 N–H and O–H groups in total. The number of benzene rings is 1. The van der Waals surface area contributed by atoms with Gasteiger partial charge in [-0.1, -0.05) is 0 Å². The largest absolute Gasteiger partial charge is 0.508 e. The minimum atomic E-state index is -2.62. The van der Waals surface area contributed by atoms with Crippen LogP contribution in [-0.2, 0) is 17.7 Å². The summed E-state index contributed by atoms with van der Waals surface area (Å²) in [6.45, 7) is 5.87. The number of ether oxygens (including phenoxy) is 1. The fraction of sp³-hybridized carbons (Fsp3) is 0.533. The molecule has 1 aromatic carbocycles. The number of carbonyl (C=O) groups is 1. The van der Waals surface area contributed by atoms with Crippen LogP contribution in [0.4, 0.5) is 13.6 Å². The summed E-state index contributed by atoms with van der Waals surface area (Å²) in [7, 11) is 0. The minimum absolute atomic E-state index is 0.166. The molecule has 1 heterocycles. The Labute approximate surface area is 122 Å². The van der Waals surface area contributed by atoms with Gasteiger partial charge in [0.1, 0.15) is 11.4 Å². The summed E-state index contributed by atoms with van der Waals surface area (Å²) < 4.78 is 30.7. The highest BCUT2D eigenvalue weighted by Crippen LogP contribution is 2.33. The number of hydrogen-bond donors (Lipinski definition) is 1. The monoisotopic (exact) mass is 299 g/mol. The zero-order chi connectivity index (χ0) is 15.8. The van der Waals surface area contributed by atoms with E-state index in [-0.39, 0.29) is 17.9 Å². The molecule has 21 heavy (non-hydrogen) atoms. The molecule has 116 valence electrons. The molecule has 1 aromatic rings. The van der Waals surface area contributed by atoms with Gasteiger partial charge >= 0.3 is 6.09 Å². The van der Waals surface area contributed by atoms with Crippen molar-refractivity contribution >= 4 is 6.09 Å². The normalized spacial score (nSPS) is 15.0. The van der Waals surface area contributed by atoms with Gasteiger partial charge in [0.05, 0.1) is 6.54 Å². The van der Waals surface area contributed by atoms with E-state index in [0.717, 1.165) is 6.07 Å². The van der Waals surface area contributed by atoms with E-state index in [2.05, 4.69) is 0 Å². The summed E-state index contributed by atoms with van der Waals surface area (Å²) >= 11 is 0. The minimum Gasteiger partial charge on any atom is -0.508 e. The molecule has 0 unspecified atom stereocenters. The summed E-state index contributed by atoms with van der Waals surface area (Å²) in [5.41, 5.74) is 0.373. The number of rotatable bonds is 1. The Morgan fingerprint density at radius 1 is 1.38 bits per heavy atom. The molecule has 0 atom stereocenters. The Kier molecular flexibility index (Phi) is 4.07. The highest BCUT2D eigenvalue weighted by Gasteiger charge is 2.28. The number of hydrogen-bond acceptors (Lipinski definition) is 3. The van der Waals surface area contributed by atoms with Crippen molar-refractivity contribution in [3.63, 3.8) is 0 Å². The van der Waals surface area contributed by atoms with Crippen LogP contribution >= 0.6 is 0 Å². The van der Waals surface area contributed by atoms with Crippen molar-refractivity contribution in [1.82, 2.24) is 4.90 Å². The third kappa shape index (κ3) is 3.62. The van der Waals surface area contributed by atoms with Gasteiger partial charge in [0.25, 0.3) is 6.43 Å². The van der Waals surface area contributed by atoms with Crippen molar-refractivity contribution in [3.05, 3.63) is 28.8 Å². The molecule has 0 saturated heterocycles. The van der Waals surface area contributed by atoms with Gasteiger partial charge in [-0.05, 0) is 44.9 Å². The molecule has 0 radical (unpaired) electrons. The molecule has 2 rings (SSSR count). The van der Waals surface area contributed by atoms with E-state index in [1.807, 2.05) is 0 Å². The predicted molar refractivity (Wildman–Crippen MR) is 73.4 cm³/mol. The molecule has 0 aromatic heterocycles. The van der Waals surface area contributed by atoms with Crippen LogP contribution in [-0.4, -0.2) is 28.2 Å². The predicted octanol–water partition coefficient (Wildman–Crippen LogP) is 3.62. The van der Waals surface area contributed by atoms with Crippen molar-refractivity contribution in [2.24, 2.45) is 0 Å². The Morgan fingerprint density at radius 3 is 2.62 bits per heavy atom. The summed E-state index contributed by atoms with van der Waals surface area (Å²) in [6.07, 6.45) is -2.67. The van der Waals surface area contributed by atoms with Crippen LogP contribution in [0.3, 0.4) is 0 Å². The topological polar surface area (TPSA) is 49.8 Å². The van der Waals surface area contributed by atoms with Crippen LogP contribution in [0.5, 0.6) is 5.75 Å². The van der Waals surface area contributed by atoms with E-state index >= 15 is 0 Å². The Balaban J connectivity index is 2.19. The average Bonchev–Trinajstić information content (AvgIpc) is 2.36. The molecule has 1 aliphatic rings. The molecular weight excluding hydrogens is 280 g/mol. The summed E-state index contributed by atoms with van der Waals surface area (Å²) in [5.74, 6) is -0.198. The van der Waals surface area contributed by atoms with E-state index in [4.69, 9.17) is 4.74 Å². The SMILES string of the molecule is CC(C)(C)OC(=O)N1CCc2cc(C(F)F)cc(O)c2C1. The number of phenolic OH excluding ortho intramolecular Hbond substituents is 1. The van der Waals surface area contributed by atoms with E-state index in [0.29, 0.717) is 24.1 Å². The van der Waals surface area contributed by atoms with Gasteiger partial charge in [0.2, 0.25) is 0 Å². The van der Waals surface area contributed by atoms with Crippen molar-refractivity contribution < 1.29 is 23.4 Å². The third-order valence-electron chi connectivity index (χ3n) is 3.24. The summed E-state index contributed by atoms with van der Waals surface area (Å²) in [4.78, 5) is 13.5. The first-order valence-corrected chi connectivity index (χ1v) is 6.78. The summed E-state index contributed by atoms with van der Waals surface area (Å²) in [5, 5.41) is 9.91. The van der Waals surface area contributed by atoms with Crippen LogP contribution in [0, 0.1) is 0 Å². The highest BCUT2D eigenvalue weighted by atomic mass is 19.3. The smallest absolute Gasteiger partial charge is 0.410 e. The maximum absolute atomic E-state index is 12.7. The number of halogens is 2. The van der Waals surface area contributed by atoms with Crippen LogP contribution in [0.15, 0.2) is 12.1 Å². The maximum Gasteiger partial charge on any atom is 0.410 e. The number of alkyl halides is 2. The fourth-order valence-electron chi connectivity index (χ4n) is 2.28. The van der Waals surface area contributed by atoms with Crippen molar-refractivity contribution in [2.45, 2.75) is 45.8 Å². The van der Waals surface area contributed by atoms with E-state index < -0.39 is 18.1 Å². The second kappa shape index (κ2) is 5.50. The molecule has 6 heteroatoms. The Hall–Kier alpha value is -1.85. The van der Waals surface area contributed by atoms with Crippen LogP contribution in [0.2, 0.25) is 0 Å². The second-order valence-electron chi connectivity index (χ2n) is 6.13. The quantitative estimate of drug-likeness (QED) is 0.861. The number of fused-ring (bicyclic) bond motifs is 1. The van der Waals surface area contributed by atoms with E-state index in [1.165, 1.54) is 11.0 Å². The van der Waals surface area contributed by atoms with Crippen molar-refractivity contribution in [3.8, 4) is 5.75 Å².